The lowest BCUT2D eigenvalue weighted by Gasteiger charge is -2.03. The lowest BCUT2D eigenvalue weighted by molar-refractivity contribution is 0.104. The molecule has 2 rings (SSSR count). The smallest absolute Gasteiger partial charge is 0.204 e. The van der Waals surface area contributed by atoms with E-state index in [2.05, 4.69) is 0 Å². The van der Waals surface area contributed by atoms with E-state index < -0.39 is 0 Å². The van der Waals surface area contributed by atoms with Crippen LogP contribution in [0.15, 0.2) is 45.1 Å². The highest BCUT2D eigenvalue weighted by molar-refractivity contribution is 6.06. The van der Waals surface area contributed by atoms with E-state index >= 15 is 0 Å². The summed E-state index contributed by atoms with van der Waals surface area (Å²) in [7, 11) is 0. The number of carbonyl (C=O) groups is 1. The molecular formula is C15H14O3. The number of allylic oxidation sites excluding steroid dienone is 2. The first-order valence-electron chi connectivity index (χ1n) is 5.72. The quantitative estimate of drug-likeness (QED) is 0.600. The highest BCUT2D eigenvalue weighted by Crippen LogP contribution is 2.15. The largest absolute Gasteiger partial charge is 0.460 e. The van der Waals surface area contributed by atoms with Crippen LogP contribution >= 0.6 is 0 Å². The third kappa shape index (κ3) is 2.12. The van der Waals surface area contributed by atoms with Crippen LogP contribution in [0.3, 0.4) is 0 Å². The van der Waals surface area contributed by atoms with Crippen LogP contribution in [-0.2, 0) is 0 Å². The Bertz CT molecular complexity index is 701. The van der Waals surface area contributed by atoms with Crippen molar-refractivity contribution in [1.82, 2.24) is 0 Å². The molecule has 3 heteroatoms. The Hall–Kier alpha value is -2.16. The summed E-state index contributed by atoms with van der Waals surface area (Å²) in [6.45, 7) is 5.27. The molecule has 3 nitrogen and oxygen atoms in total. The average Bonchev–Trinajstić information content (AvgIpc) is 2.27. The molecular weight excluding hydrogens is 228 g/mol. The van der Waals surface area contributed by atoms with Crippen molar-refractivity contribution in [2.75, 3.05) is 0 Å². The molecule has 0 N–H and O–H groups in total. The lowest BCUT2D eigenvalue weighted by atomic mass is 10.1. The molecule has 0 aliphatic rings. The van der Waals surface area contributed by atoms with Gasteiger partial charge in [-0.05, 0) is 39.0 Å². The molecule has 0 saturated carbocycles. The summed E-state index contributed by atoms with van der Waals surface area (Å²) in [6, 6.07) is 6.94. The fraction of sp³-hybridized carbons (Fsp3) is 0.200. The SMILES string of the molecule is CC(C)=CC(=O)c1c(C)oc2ccccc2c1=O. The Balaban J connectivity index is 2.76. The van der Waals surface area contributed by atoms with E-state index in [0.29, 0.717) is 16.7 Å². The van der Waals surface area contributed by atoms with E-state index in [1.165, 1.54) is 6.08 Å². The Morgan fingerprint density at radius 2 is 1.89 bits per heavy atom. The number of para-hydroxylation sites is 1. The molecule has 0 fully saturated rings. The van der Waals surface area contributed by atoms with E-state index in [4.69, 9.17) is 4.42 Å². The van der Waals surface area contributed by atoms with Gasteiger partial charge in [0, 0.05) is 0 Å². The molecule has 0 spiro atoms. The number of rotatable bonds is 2. The average molecular weight is 242 g/mol. The highest BCUT2D eigenvalue weighted by Gasteiger charge is 2.16. The topological polar surface area (TPSA) is 47.3 Å². The standard InChI is InChI=1S/C15H14O3/c1-9(2)8-12(16)14-10(3)18-13-7-5-4-6-11(13)15(14)17/h4-8H,1-3H3. The van der Waals surface area contributed by atoms with Gasteiger partial charge in [-0.1, -0.05) is 17.7 Å². The van der Waals surface area contributed by atoms with Gasteiger partial charge in [-0.2, -0.15) is 0 Å². The number of benzene rings is 1. The van der Waals surface area contributed by atoms with E-state index in [0.717, 1.165) is 5.57 Å². The fourth-order valence-electron chi connectivity index (χ4n) is 1.87. The molecule has 0 amide bonds. The Morgan fingerprint density at radius 3 is 2.56 bits per heavy atom. The minimum atomic E-state index is -0.299. The summed E-state index contributed by atoms with van der Waals surface area (Å²) < 4.78 is 5.53. The third-order valence-electron chi connectivity index (χ3n) is 2.64. The number of hydrogen-bond acceptors (Lipinski definition) is 3. The second kappa shape index (κ2) is 4.61. The second-order valence-corrected chi connectivity index (χ2v) is 4.44. The molecule has 1 heterocycles. The number of hydrogen-bond donors (Lipinski definition) is 0. The Morgan fingerprint density at radius 1 is 1.22 bits per heavy atom. The van der Waals surface area contributed by atoms with Crippen molar-refractivity contribution >= 4 is 16.8 Å². The van der Waals surface area contributed by atoms with Gasteiger partial charge in [0.15, 0.2) is 5.78 Å². The molecule has 0 aliphatic carbocycles. The number of ketones is 1. The van der Waals surface area contributed by atoms with Crippen molar-refractivity contribution in [2.24, 2.45) is 0 Å². The van der Waals surface area contributed by atoms with Crippen LogP contribution in [0.4, 0.5) is 0 Å². The van der Waals surface area contributed by atoms with E-state index in [1.807, 2.05) is 13.8 Å². The zero-order chi connectivity index (χ0) is 13.3. The van der Waals surface area contributed by atoms with Gasteiger partial charge < -0.3 is 4.42 Å². The molecule has 0 unspecified atom stereocenters. The first kappa shape index (κ1) is 12.3. The van der Waals surface area contributed by atoms with Crippen molar-refractivity contribution < 1.29 is 9.21 Å². The minimum Gasteiger partial charge on any atom is -0.460 e. The van der Waals surface area contributed by atoms with Crippen LogP contribution in [-0.4, -0.2) is 5.78 Å². The van der Waals surface area contributed by atoms with Crippen LogP contribution in [0.2, 0.25) is 0 Å². The molecule has 1 aromatic heterocycles. The van der Waals surface area contributed by atoms with Crippen LogP contribution in [0, 0.1) is 6.92 Å². The van der Waals surface area contributed by atoms with E-state index in [9.17, 15) is 9.59 Å². The molecule has 0 atom stereocenters. The zero-order valence-corrected chi connectivity index (χ0v) is 10.6. The predicted octanol–water partition coefficient (Wildman–Crippen LogP) is 3.25. The molecule has 0 saturated heterocycles. The summed E-state index contributed by atoms with van der Waals surface area (Å²) in [6.07, 6.45) is 1.45. The number of carbonyl (C=O) groups excluding carboxylic acids is 1. The maximum absolute atomic E-state index is 12.3. The van der Waals surface area contributed by atoms with Crippen molar-refractivity contribution in [3.8, 4) is 0 Å². The van der Waals surface area contributed by atoms with Crippen molar-refractivity contribution in [3.63, 3.8) is 0 Å². The minimum absolute atomic E-state index is 0.120. The molecule has 0 radical (unpaired) electrons. The first-order chi connectivity index (χ1) is 8.50. The van der Waals surface area contributed by atoms with Crippen molar-refractivity contribution in [2.45, 2.75) is 20.8 Å². The monoisotopic (exact) mass is 242 g/mol. The Kier molecular flexibility index (Phi) is 3.15. The van der Waals surface area contributed by atoms with Gasteiger partial charge in [0.2, 0.25) is 5.43 Å². The van der Waals surface area contributed by atoms with Crippen molar-refractivity contribution in [3.05, 3.63) is 57.5 Å². The van der Waals surface area contributed by atoms with Gasteiger partial charge in [0.1, 0.15) is 16.9 Å². The molecule has 0 aliphatic heterocycles. The van der Waals surface area contributed by atoms with Crippen LogP contribution in [0.5, 0.6) is 0 Å². The van der Waals surface area contributed by atoms with E-state index in [1.54, 1.807) is 31.2 Å². The summed E-state index contributed by atoms with van der Waals surface area (Å²) in [5.74, 6) is 0.0632. The van der Waals surface area contributed by atoms with Gasteiger partial charge in [-0.25, -0.2) is 0 Å². The van der Waals surface area contributed by atoms with Gasteiger partial charge in [-0.3, -0.25) is 9.59 Å². The molecule has 18 heavy (non-hydrogen) atoms. The molecule has 1 aromatic carbocycles. The van der Waals surface area contributed by atoms with Crippen LogP contribution < -0.4 is 5.43 Å². The van der Waals surface area contributed by atoms with Gasteiger partial charge in [0.25, 0.3) is 0 Å². The third-order valence-corrected chi connectivity index (χ3v) is 2.64. The van der Waals surface area contributed by atoms with Crippen LogP contribution in [0.1, 0.15) is 30.0 Å². The van der Waals surface area contributed by atoms with E-state index in [-0.39, 0.29) is 16.8 Å². The zero-order valence-electron chi connectivity index (χ0n) is 10.6. The lowest BCUT2D eigenvalue weighted by Crippen LogP contribution is -2.16. The second-order valence-electron chi connectivity index (χ2n) is 4.44. The van der Waals surface area contributed by atoms with Gasteiger partial charge in [0.05, 0.1) is 5.39 Å². The maximum Gasteiger partial charge on any atom is 0.204 e. The van der Waals surface area contributed by atoms with Gasteiger partial charge >= 0.3 is 0 Å². The van der Waals surface area contributed by atoms with Crippen molar-refractivity contribution in [1.29, 1.82) is 0 Å². The molecule has 0 bridgehead atoms. The maximum atomic E-state index is 12.3. The summed E-state index contributed by atoms with van der Waals surface area (Å²) >= 11 is 0. The highest BCUT2D eigenvalue weighted by atomic mass is 16.3. The fourth-order valence-corrected chi connectivity index (χ4v) is 1.87. The molecule has 92 valence electrons. The Labute approximate surface area is 105 Å². The summed E-state index contributed by atoms with van der Waals surface area (Å²) in [4.78, 5) is 24.3. The molecule has 2 aromatic rings. The number of fused-ring (bicyclic) bond motifs is 1. The first-order valence-corrected chi connectivity index (χ1v) is 5.72. The van der Waals surface area contributed by atoms with Gasteiger partial charge in [-0.15, -0.1) is 0 Å². The summed E-state index contributed by atoms with van der Waals surface area (Å²) in [5, 5.41) is 0.439. The predicted molar refractivity (Wildman–Crippen MR) is 71.0 cm³/mol. The number of aryl methyl sites for hydroxylation is 1. The van der Waals surface area contributed by atoms with Crippen LogP contribution in [0.25, 0.3) is 11.0 Å². The summed E-state index contributed by atoms with van der Waals surface area (Å²) in [5.41, 5.74) is 1.22. The normalized spacial score (nSPS) is 10.4.